The SMILES string of the molecule is CC(C)=CCCC1(C)C=Cc2c(O)c3c(c(CC=C(C)C)c2O1)OC12C(=CCCC1C(C)(C)OC2(CC=C(C)C(=O)O)C(=O)O)C3=O.Cc1c2oc3c(C)ccc(C(=O)NC4C(=O)NC(C(C)C)C(=O)C5CCCC5C(=O)N(C)CC(=O)N(C)C(C(C)C)C(=O)OC4C)c3nc-2c(C(=O)NC2C(=O)NC(C(C)C)C(=O)C3CCCC3C(=O)N(C)CC(=O)N(C)C(C(C)C)C(=O)OC2C)c(N)c1=O. The lowest BCUT2D eigenvalue weighted by Crippen LogP contribution is -2.66. The quantitative estimate of drug-likeness (QED) is 0.0160. The number of aromatic nitrogens is 1. The fraction of sp³-hybridized carbons (Fsp3) is 0.578. The molecule has 742 valence electrons. The van der Waals surface area contributed by atoms with Crippen molar-refractivity contribution in [1.82, 2.24) is 45.9 Å². The molecule has 2 saturated carbocycles. The first-order valence-corrected chi connectivity index (χ1v) is 47.2. The minimum absolute atomic E-state index is 0.0407. The van der Waals surface area contributed by atoms with E-state index in [4.69, 9.17) is 38.8 Å². The van der Waals surface area contributed by atoms with Crippen molar-refractivity contribution in [1.29, 1.82) is 0 Å². The number of esters is 2. The highest BCUT2D eigenvalue weighted by Crippen LogP contribution is 2.65. The van der Waals surface area contributed by atoms with E-state index >= 15 is 9.59 Å². The second-order valence-corrected chi connectivity index (χ2v) is 40.7. The summed E-state index contributed by atoms with van der Waals surface area (Å²) in [6.45, 7) is 33.2. The number of benzene rings is 3. The summed E-state index contributed by atoms with van der Waals surface area (Å²) in [6, 6.07) is -5.71. The fourth-order valence-corrected chi connectivity index (χ4v) is 20.8. The predicted octanol–water partition coefficient (Wildman–Crippen LogP) is 10.2. The van der Waals surface area contributed by atoms with Crippen molar-refractivity contribution in [3.8, 4) is 28.7 Å². The number of aryl methyl sites for hydroxylation is 1. The largest absolute Gasteiger partial charge is 0.506 e. The van der Waals surface area contributed by atoms with Crippen LogP contribution in [-0.2, 0) is 78.2 Å². The molecule has 0 bridgehead atoms. The van der Waals surface area contributed by atoms with E-state index in [9.17, 15) is 82.4 Å². The summed E-state index contributed by atoms with van der Waals surface area (Å²) < 4.78 is 38.6. The standard InChI is InChI=1S/C64H88N10O16.C38H46O9/c1-27(2)44-53(78)35-19-17-21-37(35)61(84)71(13)25-40(75)73(15)50(29(5)6)63(86)88-33(11)46(59(82)67-44)69-57(80)39-24-23-31(9)55-48(39)66-49-42(43(65)52(77)32(10)56(49)90-55)58(81)70-47-34(12)89-64(87)51(30(7)8)74(16)41(76)26-72(14)62(85)38-22-18-20-36(38)54(79)45(28(3)4)68-60(47)83;1-21(2)11-10-18-36(8)19-17-24-29(39)28-30(40)26-12-9-13-27-35(6,7)47-37(34(43)44,20-16-23(5)33(41)42)38(26,27)46-32(28)25(31(24)45-36)15-14-22(3)4/h23-24,27-30,33-38,44-47,50-51H,17-22,25-26,65H2,1-16H3,(H,67,82)(H,68,83)(H,69,80)(H,70,81);11-12,14,16-17,19,27,39H,9-10,13,15,18,20H2,1-8H3,(H,41,42)(H,43,44). The summed E-state index contributed by atoms with van der Waals surface area (Å²) in [6.07, 6.45) is 12.5. The molecule has 1 spiro atoms. The highest BCUT2D eigenvalue weighted by Gasteiger charge is 2.78. The van der Waals surface area contributed by atoms with Gasteiger partial charge in [-0.25, -0.2) is 24.2 Å². The van der Waals surface area contributed by atoms with Crippen molar-refractivity contribution >= 4 is 111 Å². The molecule has 12 rings (SSSR count). The van der Waals surface area contributed by atoms with Crippen LogP contribution in [0.25, 0.3) is 28.6 Å². The summed E-state index contributed by atoms with van der Waals surface area (Å²) in [5.74, 6) is -18.4. The molecule has 6 heterocycles. The van der Waals surface area contributed by atoms with Crippen LogP contribution in [0.1, 0.15) is 249 Å². The number of hydrogen-bond donors (Lipinski definition) is 8. The van der Waals surface area contributed by atoms with E-state index in [0.717, 1.165) is 21.8 Å². The highest BCUT2D eigenvalue weighted by molar-refractivity contribution is 6.17. The molecule has 3 saturated heterocycles. The minimum atomic E-state index is -2.16. The number of rotatable bonds is 17. The molecule has 0 aromatic heterocycles. The van der Waals surface area contributed by atoms with Gasteiger partial charge in [-0.15, -0.1) is 0 Å². The lowest BCUT2D eigenvalue weighted by Gasteiger charge is -2.50. The molecule has 9 N–H and O–H groups in total. The summed E-state index contributed by atoms with van der Waals surface area (Å²) in [5, 5.41) is 43.2. The van der Waals surface area contributed by atoms with Crippen LogP contribution in [-0.4, -0.2) is 241 Å². The molecule has 16 atom stereocenters. The van der Waals surface area contributed by atoms with Gasteiger partial charge in [0, 0.05) is 86.5 Å². The van der Waals surface area contributed by atoms with E-state index in [1.807, 2.05) is 46.8 Å². The molecule has 2 aromatic rings. The number of nitrogens with one attached hydrogen (secondary N) is 4. The molecule has 137 heavy (non-hydrogen) atoms. The Balaban J connectivity index is 0.000000320. The van der Waals surface area contributed by atoms with Gasteiger partial charge in [0.15, 0.2) is 34.3 Å². The number of carbonyl (C=O) groups excluding carboxylic acids is 13. The predicted molar refractivity (Wildman–Crippen MR) is 506 cm³/mol. The van der Waals surface area contributed by atoms with Gasteiger partial charge in [-0.3, -0.25) is 57.5 Å². The Kier molecular flexibility index (Phi) is 31.5. The number of amides is 8. The number of nitrogens with two attached hydrogens (primary N) is 1. The second-order valence-electron chi connectivity index (χ2n) is 40.7. The molecule has 10 aliphatic rings. The first-order valence-electron chi connectivity index (χ1n) is 47.2. The number of nitrogen functional groups attached to an aromatic ring is 1. The maximum absolute atomic E-state index is 15.2. The lowest BCUT2D eigenvalue weighted by atomic mass is 9.60. The molecule has 4 aliphatic carbocycles. The second kappa shape index (κ2) is 41.1. The lowest BCUT2D eigenvalue weighted by molar-refractivity contribution is -0.184. The van der Waals surface area contributed by atoms with Crippen molar-refractivity contribution in [2.45, 2.75) is 286 Å². The maximum Gasteiger partial charge on any atom is 0.340 e. The normalized spacial score (nSPS) is 28.0. The van der Waals surface area contributed by atoms with Crippen molar-refractivity contribution in [3.63, 3.8) is 0 Å². The number of carboxylic acid groups (broad SMARTS) is 2. The Labute approximate surface area is 798 Å². The number of ether oxygens (including phenoxy) is 5. The Hall–Kier alpha value is -12.4. The summed E-state index contributed by atoms with van der Waals surface area (Å²) in [7, 11) is 5.66. The van der Waals surface area contributed by atoms with Crippen LogP contribution in [0.5, 0.6) is 17.2 Å². The molecule has 35 heteroatoms. The Morgan fingerprint density at radius 3 is 1.64 bits per heavy atom. The van der Waals surface area contributed by atoms with Crippen LogP contribution in [0.3, 0.4) is 0 Å². The van der Waals surface area contributed by atoms with Crippen LogP contribution in [0.15, 0.2) is 74.0 Å². The fourth-order valence-electron chi connectivity index (χ4n) is 20.8. The molecule has 2 aromatic carbocycles. The molecular weight excluding hydrogens is 1770 g/mol. The number of carboxylic acids is 2. The van der Waals surface area contributed by atoms with E-state index in [0.29, 0.717) is 86.6 Å². The first kappa shape index (κ1) is 105. The number of aromatic hydroxyl groups is 1. The van der Waals surface area contributed by atoms with Crippen LogP contribution in [0, 0.1) is 67.1 Å². The number of phenolic OH excluding ortho intramolecular Hbond substituents is 1. The monoisotopic (exact) mass is 1900 g/mol. The number of nitrogens with zero attached hydrogens (tertiary/aromatic N) is 5. The molecule has 8 amide bonds. The Morgan fingerprint density at radius 2 is 1.15 bits per heavy atom. The smallest absolute Gasteiger partial charge is 0.340 e. The maximum atomic E-state index is 15.2. The number of phenols is 1. The van der Waals surface area contributed by atoms with Gasteiger partial charge in [0.05, 0.1) is 53.2 Å². The van der Waals surface area contributed by atoms with E-state index in [2.05, 4.69) is 27.3 Å². The van der Waals surface area contributed by atoms with Crippen molar-refractivity contribution < 1.29 is 115 Å². The van der Waals surface area contributed by atoms with Gasteiger partial charge >= 0.3 is 23.9 Å². The van der Waals surface area contributed by atoms with Crippen LogP contribution < -0.4 is 41.9 Å². The highest BCUT2D eigenvalue weighted by atomic mass is 16.6. The van der Waals surface area contributed by atoms with Crippen molar-refractivity contribution in [2.75, 3.05) is 47.0 Å². The van der Waals surface area contributed by atoms with Crippen molar-refractivity contribution in [3.05, 3.63) is 114 Å². The van der Waals surface area contributed by atoms with Gasteiger partial charge in [0.2, 0.25) is 46.5 Å². The third-order valence-electron chi connectivity index (χ3n) is 28.4. The summed E-state index contributed by atoms with van der Waals surface area (Å²) in [5.41, 5.74) is 0.999. The molecule has 35 nitrogen and oxygen atoms in total. The molecular formula is C102H134N10O25. The number of likely N-dealkylation sites (N-methyl/N-ethyl adjacent to an activating group) is 4. The number of ketones is 3. The van der Waals surface area contributed by atoms with Crippen molar-refractivity contribution in [2.24, 2.45) is 53.3 Å². The molecule has 5 fully saturated rings. The zero-order valence-electron chi connectivity index (χ0n) is 83.0. The number of fused-ring (bicyclic) bond motifs is 6. The number of hydrogen-bond acceptors (Lipinski definition) is 25. The van der Waals surface area contributed by atoms with Gasteiger partial charge in [-0.2, -0.15) is 0 Å². The topological polar surface area (TPSA) is 493 Å². The molecule has 0 radical (unpaired) electrons. The third-order valence-corrected chi connectivity index (χ3v) is 28.4. The van der Waals surface area contributed by atoms with E-state index in [1.54, 1.807) is 88.3 Å². The zero-order chi connectivity index (χ0) is 102. The summed E-state index contributed by atoms with van der Waals surface area (Å²) >= 11 is 0. The number of aliphatic carboxylic acids is 2. The number of carbonyl (C=O) groups is 15. The summed E-state index contributed by atoms with van der Waals surface area (Å²) in [4.78, 5) is 237. The van der Waals surface area contributed by atoms with Crippen LogP contribution in [0.4, 0.5) is 5.69 Å². The Morgan fingerprint density at radius 1 is 0.650 bits per heavy atom. The van der Waals surface area contributed by atoms with Gasteiger partial charge in [-0.05, 0) is 188 Å². The van der Waals surface area contributed by atoms with Gasteiger partial charge in [0.1, 0.15) is 76.0 Å². The van der Waals surface area contributed by atoms with E-state index < -0.39 is 242 Å². The van der Waals surface area contributed by atoms with Gasteiger partial charge < -0.3 is 90.0 Å². The van der Waals surface area contributed by atoms with Crippen LogP contribution >= 0.6 is 0 Å². The number of anilines is 1. The van der Waals surface area contributed by atoms with Crippen LogP contribution in [0.2, 0.25) is 0 Å². The molecule has 16 unspecified atom stereocenters. The number of Topliss-reactive ketones (excluding diaryl/α,β-unsaturated/α-hetero) is 3. The minimum Gasteiger partial charge on any atom is -0.506 e. The number of allylic oxidation sites excluding steroid dienone is 5. The zero-order valence-corrected chi connectivity index (χ0v) is 83.0. The number of cyclic esters (lactones) is 2. The average Bonchev–Trinajstić information content (AvgIpc) is 1.53. The van der Waals surface area contributed by atoms with E-state index in [1.165, 1.54) is 89.5 Å². The molecule has 6 aliphatic heterocycles. The van der Waals surface area contributed by atoms with Gasteiger partial charge in [0.25, 0.3) is 11.8 Å². The Bertz CT molecular complexity index is 5760. The first-order chi connectivity index (χ1) is 64.0. The third kappa shape index (κ3) is 20.4. The van der Waals surface area contributed by atoms with Gasteiger partial charge in [-0.1, -0.05) is 110 Å². The van der Waals surface area contributed by atoms with E-state index in [-0.39, 0.29) is 68.3 Å². The average molecular weight is 1900 g/mol.